The lowest BCUT2D eigenvalue weighted by Gasteiger charge is -2.37. The highest BCUT2D eigenvalue weighted by molar-refractivity contribution is 7.79. The fourth-order valence-electron chi connectivity index (χ4n) is 3.10. The summed E-state index contributed by atoms with van der Waals surface area (Å²) in [6, 6.07) is 20.2. The Morgan fingerprint density at radius 2 is 1.07 bits per heavy atom. The van der Waals surface area contributed by atoms with Crippen molar-refractivity contribution >= 4 is 17.8 Å². The van der Waals surface area contributed by atoms with Crippen molar-refractivity contribution in [3.05, 3.63) is 96.6 Å². The molecule has 0 unspecified atom stereocenters. The van der Waals surface area contributed by atoms with Crippen molar-refractivity contribution in [3.8, 4) is 0 Å². The Hall–Kier alpha value is -2.43. The maximum absolute atomic E-state index is 15.8. The molecule has 0 radical (unpaired) electrons. The van der Waals surface area contributed by atoms with Gasteiger partial charge in [-0.15, -0.1) is 0 Å². The van der Waals surface area contributed by atoms with Crippen molar-refractivity contribution in [2.24, 2.45) is 0 Å². The largest absolute Gasteiger partial charge is 0.424 e. The van der Waals surface area contributed by atoms with Crippen LogP contribution in [-0.4, -0.2) is 17.2 Å². The van der Waals surface area contributed by atoms with Gasteiger partial charge in [-0.1, -0.05) is 91.0 Å². The van der Waals surface area contributed by atoms with Crippen LogP contribution < -0.4 is 10.6 Å². The number of rotatable bonds is 5. The van der Waals surface area contributed by atoms with Crippen molar-refractivity contribution in [1.29, 1.82) is 0 Å². The average molecular weight is 408 g/mol. The molecule has 0 bridgehead atoms. The van der Waals surface area contributed by atoms with E-state index < -0.39 is 30.4 Å². The zero-order valence-corrected chi connectivity index (χ0v) is 15.4. The summed E-state index contributed by atoms with van der Waals surface area (Å²) in [6.45, 7) is 0. The maximum Gasteiger partial charge on any atom is 0.424 e. The van der Waals surface area contributed by atoms with E-state index >= 15 is 4.39 Å². The van der Waals surface area contributed by atoms with Gasteiger partial charge < -0.3 is 9.67 Å². The zero-order chi connectivity index (χ0) is 20.4. The molecule has 3 rings (SSSR count). The number of benzene rings is 3. The molecule has 0 heterocycles. The van der Waals surface area contributed by atoms with E-state index in [4.69, 9.17) is 0 Å². The molecule has 1 N–H and O–H groups in total. The fraction of sp³-hybridized carbons (Fsp3) is 0.143. The number of hydrogen-bond acceptors (Lipinski definition) is 2. The topological polar surface area (TPSA) is 37.3 Å². The van der Waals surface area contributed by atoms with Crippen LogP contribution in [0.2, 0.25) is 0 Å². The van der Waals surface area contributed by atoms with Crippen LogP contribution in [0.3, 0.4) is 0 Å². The smallest absolute Gasteiger partial charge is 0.374 e. The first-order valence-corrected chi connectivity index (χ1v) is 10.2. The van der Waals surface area contributed by atoms with Crippen LogP contribution in [0.4, 0.5) is 17.6 Å². The van der Waals surface area contributed by atoms with Crippen molar-refractivity contribution in [2.45, 2.75) is 17.7 Å². The summed E-state index contributed by atoms with van der Waals surface area (Å²) in [5.41, 5.74) is -4.66. The summed E-state index contributed by atoms with van der Waals surface area (Å²) in [6.07, 6.45) is -5.40. The van der Waals surface area contributed by atoms with Gasteiger partial charge in [-0.05, 0) is 5.56 Å². The normalized spacial score (nSPS) is 15.6. The highest BCUT2D eigenvalue weighted by atomic mass is 31.2. The molecule has 0 spiro atoms. The van der Waals surface area contributed by atoms with Crippen LogP contribution in [0.25, 0.3) is 0 Å². The molecule has 0 aromatic heterocycles. The van der Waals surface area contributed by atoms with Gasteiger partial charge in [0, 0.05) is 10.6 Å². The Balaban J connectivity index is 2.29. The second-order valence-corrected chi connectivity index (χ2v) is 9.10. The van der Waals surface area contributed by atoms with Gasteiger partial charge in [-0.25, -0.2) is 4.39 Å². The summed E-state index contributed by atoms with van der Waals surface area (Å²) in [4.78, 5) is 0. The Morgan fingerprint density at radius 1 is 0.714 bits per heavy atom. The molecule has 28 heavy (non-hydrogen) atoms. The minimum absolute atomic E-state index is 0.104. The molecule has 3 aromatic rings. The van der Waals surface area contributed by atoms with Crippen LogP contribution in [0.15, 0.2) is 91.0 Å². The molecule has 0 fully saturated rings. The number of hydrogen-bond donors (Lipinski definition) is 1. The van der Waals surface area contributed by atoms with Gasteiger partial charge in [0.2, 0.25) is 11.5 Å². The molecule has 0 aliphatic rings. The molecule has 0 saturated carbocycles. The third-order valence-corrected chi connectivity index (χ3v) is 7.73. The van der Waals surface area contributed by atoms with Gasteiger partial charge in [0.05, 0.1) is 0 Å². The quantitative estimate of drug-likeness (QED) is 0.489. The predicted molar refractivity (Wildman–Crippen MR) is 101 cm³/mol. The maximum atomic E-state index is 15.8. The molecule has 2 nitrogen and oxygen atoms in total. The summed E-state index contributed by atoms with van der Waals surface area (Å²) in [5, 5.41) is 10.5. The predicted octanol–water partition coefficient (Wildman–Crippen LogP) is 4.75. The standard InChI is InChI=1S/C21H17F4O2P/c22-19(20(26,21(23,24)25)16-10-4-1-5-11-16)28(27,17-12-6-2-7-13-17)18-14-8-3-9-15-18/h1-15,19,26H/t19-,20-/m1/s1. The Kier molecular flexibility index (Phi) is 5.46. The number of aliphatic hydroxyl groups is 1. The van der Waals surface area contributed by atoms with Crippen molar-refractivity contribution in [3.63, 3.8) is 0 Å². The summed E-state index contributed by atoms with van der Waals surface area (Å²) < 4.78 is 71.7. The Labute approximate surface area is 159 Å². The highest BCUT2D eigenvalue weighted by Crippen LogP contribution is 2.59. The van der Waals surface area contributed by atoms with Gasteiger partial charge in [0.15, 0.2) is 7.14 Å². The molecule has 0 saturated heterocycles. The Morgan fingerprint density at radius 3 is 1.43 bits per heavy atom. The SMILES string of the molecule is O=P(c1ccccc1)(c1ccccc1)[C@@H](F)[C@](O)(c1ccccc1)C(F)(F)F. The Bertz CT molecular complexity index is 918. The van der Waals surface area contributed by atoms with Crippen LogP contribution in [-0.2, 0) is 10.2 Å². The van der Waals surface area contributed by atoms with E-state index in [9.17, 15) is 22.8 Å². The third kappa shape index (κ3) is 3.27. The van der Waals surface area contributed by atoms with E-state index in [1.165, 1.54) is 66.7 Å². The van der Waals surface area contributed by atoms with E-state index in [1.807, 2.05) is 0 Å². The van der Waals surface area contributed by atoms with E-state index in [0.29, 0.717) is 0 Å². The highest BCUT2D eigenvalue weighted by Gasteiger charge is 2.65. The van der Waals surface area contributed by atoms with Crippen molar-refractivity contribution < 1.29 is 27.2 Å². The number of halogens is 4. The van der Waals surface area contributed by atoms with Crippen molar-refractivity contribution in [2.75, 3.05) is 0 Å². The van der Waals surface area contributed by atoms with Gasteiger partial charge in [0.25, 0.3) is 0 Å². The van der Waals surface area contributed by atoms with Gasteiger partial charge in [0.1, 0.15) is 0 Å². The third-order valence-electron chi connectivity index (χ3n) is 4.59. The van der Waals surface area contributed by atoms with E-state index in [-0.39, 0.29) is 10.6 Å². The summed E-state index contributed by atoms with van der Waals surface area (Å²) in [5.74, 6) is -3.15. The minimum Gasteiger partial charge on any atom is -0.374 e. The lowest BCUT2D eigenvalue weighted by atomic mass is 9.94. The van der Waals surface area contributed by atoms with Crippen LogP contribution in [0.1, 0.15) is 5.56 Å². The second-order valence-electron chi connectivity index (χ2n) is 6.30. The van der Waals surface area contributed by atoms with Crippen LogP contribution in [0.5, 0.6) is 0 Å². The molecule has 0 aliphatic carbocycles. The molecule has 7 heteroatoms. The first-order valence-electron chi connectivity index (χ1n) is 8.42. The molecule has 3 aromatic carbocycles. The van der Waals surface area contributed by atoms with Gasteiger partial charge in [-0.2, -0.15) is 13.2 Å². The monoisotopic (exact) mass is 408 g/mol. The fourth-order valence-corrected chi connectivity index (χ4v) is 5.97. The second kappa shape index (κ2) is 7.53. The van der Waals surface area contributed by atoms with Gasteiger partial charge in [-0.3, -0.25) is 0 Å². The molecular weight excluding hydrogens is 391 g/mol. The average Bonchev–Trinajstić information content (AvgIpc) is 2.73. The lowest BCUT2D eigenvalue weighted by Crippen LogP contribution is -2.51. The lowest BCUT2D eigenvalue weighted by molar-refractivity contribution is -0.277. The first-order chi connectivity index (χ1) is 13.2. The molecular formula is C21H17F4O2P. The van der Waals surface area contributed by atoms with E-state index in [2.05, 4.69) is 0 Å². The molecule has 146 valence electrons. The molecule has 0 aliphatic heterocycles. The summed E-state index contributed by atoms with van der Waals surface area (Å²) >= 11 is 0. The first kappa shape index (κ1) is 20.3. The van der Waals surface area contributed by atoms with Crippen molar-refractivity contribution in [1.82, 2.24) is 0 Å². The van der Waals surface area contributed by atoms with E-state index in [0.717, 1.165) is 12.1 Å². The van der Waals surface area contributed by atoms with Crippen LogP contribution >= 0.6 is 7.14 Å². The molecule has 0 amide bonds. The minimum atomic E-state index is -5.40. The summed E-state index contributed by atoms with van der Waals surface area (Å²) in [7, 11) is -4.54. The molecule has 2 atom stereocenters. The van der Waals surface area contributed by atoms with E-state index in [1.54, 1.807) is 12.1 Å². The van der Waals surface area contributed by atoms with Crippen LogP contribution in [0, 0.1) is 0 Å². The zero-order valence-electron chi connectivity index (χ0n) is 14.6. The van der Waals surface area contributed by atoms with Gasteiger partial charge >= 0.3 is 6.18 Å². The number of alkyl halides is 4.